The van der Waals surface area contributed by atoms with Crippen LogP contribution in [0.3, 0.4) is 0 Å². The van der Waals surface area contributed by atoms with Crippen LogP contribution in [0, 0.1) is 0 Å². The van der Waals surface area contributed by atoms with Crippen molar-refractivity contribution in [1.82, 2.24) is 24.1 Å². The third-order valence-corrected chi connectivity index (χ3v) is 4.07. The molecule has 0 amide bonds. The topological polar surface area (TPSA) is 74.0 Å². The molecular formula is C14H16N6. The van der Waals surface area contributed by atoms with Crippen molar-refractivity contribution < 1.29 is 0 Å². The maximum atomic E-state index is 6.04. The first-order valence-corrected chi connectivity index (χ1v) is 6.82. The van der Waals surface area contributed by atoms with Gasteiger partial charge in [-0.25, -0.2) is 9.50 Å². The minimum Gasteiger partial charge on any atom is -0.331 e. The SMILES string of the molecule is Cn1c(-c2cnn3ccncc23)nc2c1CCC(N)C2. The number of fused-ring (bicyclic) bond motifs is 2. The molecule has 0 aliphatic heterocycles. The molecule has 2 N–H and O–H groups in total. The predicted molar refractivity (Wildman–Crippen MR) is 75.2 cm³/mol. The highest BCUT2D eigenvalue weighted by atomic mass is 15.2. The first-order chi connectivity index (χ1) is 9.74. The van der Waals surface area contributed by atoms with Crippen molar-refractivity contribution >= 4 is 5.52 Å². The van der Waals surface area contributed by atoms with Gasteiger partial charge >= 0.3 is 0 Å². The third kappa shape index (κ3) is 1.58. The summed E-state index contributed by atoms with van der Waals surface area (Å²) in [4.78, 5) is 8.97. The van der Waals surface area contributed by atoms with E-state index in [1.807, 2.05) is 23.1 Å². The summed E-state index contributed by atoms with van der Waals surface area (Å²) in [5.74, 6) is 0.951. The van der Waals surface area contributed by atoms with Crippen LogP contribution in [0.4, 0.5) is 0 Å². The maximum absolute atomic E-state index is 6.04. The number of imidazole rings is 1. The fraction of sp³-hybridized carbons (Fsp3) is 0.357. The van der Waals surface area contributed by atoms with Gasteiger partial charge in [-0.15, -0.1) is 0 Å². The molecule has 6 heteroatoms. The van der Waals surface area contributed by atoms with E-state index in [-0.39, 0.29) is 6.04 Å². The average molecular weight is 268 g/mol. The van der Waals surface area contributed by atoms with Crippen molar-refractivity contribution in [3.05, 3.63) is 36.2 Å². The van der Waals surface area contributed by atoms with Gasteiger partial charge in [-0.1, -0.05) is 0 Å². The van der Waals surface area contributed by atoms with E-state index < -0.39 is 0 Å². The summed E-state index contributed by atoms with van der Waals surface area (Å²) >= 11 is 0. The quantitative estimate of drug-likeness (QED) is 0.713. The van der Waals surface area contributed by atoms with Crippen LogP contribution in [0.15, 0.2) is 24.8 Å². The summed E-state index contributed by atoms with van der Waals surface area (Å²) in [6.07, 6.45) is 10.1. The summed E-state index contributed by atoms with van der Waals surface area (Å²) in [6, 6.07) is 0.232. The van der Waals surface area contributed by atoms with Crippen LogP contribution in [-0.4, -0.2) is 30.2 Å². The normalized spacial score (nSPS) is 18.4. The fourth-order valence-electron chi connectivity index (χ4n) is 2.98. The van der Waals surface area contributed by atoms with E-state index in [4.69, 9.17) is 10.7 Å². The zero-order valence-electron chi connectivity index (χ0n) is 11.3. The molecule has 0 saturated carbocycles. The minimum atomic E-state index is 0.232. The average Bonchev–Trinajstić information content (AvgIpc) is 3.00. The lowest BCUT2D eigenvalue weighted by molar-refractivity contribution is 0.554. The Morgan fingerprint density at radius 3 is 3.15 bits per heavy atom. The van der Waals surface area contributed by atoms with Gasteiger partial charge in [0.15, 0.2) is 0 Å². The second-order valence-corrected chi connectivity index (χ2v) is 5.36. The van der Waals surface area contributed by atoms with Crippen molar-refractivity contribution in [3.63, 3.8) is 0 Å². The van der Waals surface area contributed by atoms with Crippen LogP contribution in [0.5, 0.6) is 0 Å². The van der Waals surface area contributed by atoms with E-state index in [2.05, 4.69) is 21.7 Å². The Bertz CT molecular complexity index is 784. The third-order valence-electron chi connectivity index (χ3n) is 4.07. The van der Waals surface area contributed by atoms with Gasteiger partial charge in [0.25, 0.3) is 0 Å². The van der Waals surface area contributed by atoms with E-state index in [0.717, 1.165) is 41.9 Å². The van der Waals surface area contributed by atoms with Crippen molar-refractivity contribution in [2.24, 2.45) is 12.8 Å². The maximum Gasteiger partial charge on any atom is 0.144 e. The summed E-state index contributed by atoms with van der Waals surface area (Å²) in [5, 5.41) is 4.36. The Labute approximate surface area is 116 Å². The molecule has 0 bridgehead atoms. The lowest BCUT2D eigenvalue weighted by Crippen LogP contribution is -2.28. The van der Waals surface area contributed by atoms with Gasteiger partial charge in [-0.2, -0.15) is 5.10 Å². The molecule has 0 radical (unpaired) electrons. The van der Waals surface area contributed by atoms with E-state index >= 15 is 0 Å². The second kappa shape index (κ2) is 4.14. The molecule has 0 fully saturated rings. The Morgan fingerprint density at radius 2 is 2.25 bits per heavy atom. The molecule has 1 aliphatic rings. The predicted octanol–water partition coefficient (Wildman–Crippen LogP) is 0.946. The minimum absolute atomic E-state index is 0.232. The fourth-order valence-corrected chi connectivity index (χ4v) is 2.98. The van der Waals surface area contributed by atoms with Gasteiger partial charge < -0.3 is 10.3 Å². The molecule has 1 unspecified atom stereocenters. The molecular weight excluding hydrogens is 252 g/mol. The number of aromatic nitrogens is 5. The number of hydrogen-bond donors (Lipinski definition) is 1. The van der Waals surface area contributed by atoms with E-state index in [1.54, 1.807) is 6.20 Å². The molecule has 1 aliphatic carbocycles. The van der Waals surface area contributed by atoms with Crippen LogP contribution in [0.25, 0.3) is 16.9 Å². The number of nitrogens with two attached hydrogens (primary N) is 1. The van der Waals surface area contributed by atoms with Crippen molar-refractivity contribution in [2.45, 2.75) is 25.3 Å². The van der Waals surface area contributed by atoms with Crippen LogP contribution in [0.1, 0.15) is 17.8 Å². The lowest BCUT2D eigenvalue weighted by Gasteiger charge is -2.17. The standard InChI is InChI=1S/C14H16N6/c1-19-12-3-2-9(15)6-11(12)18-14(19)10-7-17-20-5-4-16-8-13(10)20/h4-5,7-9H,2-3,6,15H2,1H3. The van der Waals surface area contributed by atoms with Gasteiger partial charge in [0, 0.05) is 37.6 Å². The molecule has 3 aromatic rings. The molecule has 1 atom stereocenters. The summed E-state index contributed by atoms with van der Waals surface area (Å²) in [7, 11) is 2.07. The van der Waals surface area contributed by atoms with Crippen molar-refractivity contribution in [3.8, 4) is 11.4 Å². The van der Waals surface area contributed by atoms with Crippen LogP contribution >= 0.6 is 0 Å². The second-order valence-electron chi connectivity index (χ2n) is 5.36. The van der Waals surface area contributed by atoms with E-state index in [9.17, 15) is 0 Å². The van der Waals surface area contributed by atoms with Crippen molar-refractivity contribution in [2.75, 3.05) is 0 Å². The molecule has 4 rings (SSSR count). The highest BCUT2D eigenvalue weighted by molar-refractivity contribution is 5.75. The largest absolute Gasteiger partial charge is 0.331 e. The smallest absolute Gasteiger partial charge is 0.144 e. The van der Waals surface area contributed by atoms with Gasteiger partial charge in [-0.3, -0.25) is 4.98 Å². The van der Waals surface area contributed by atoms with E-state index in [0.29, 0.717) is 0 Å². The Balaban J connectivity index is 1.91. The monoisotopic (exact) mass is 268 g/mol. The zero-order valence-corrected chi connectivity index (χ0v) is 11.3. The Morgan fingerprint density at radius 1 is 1.35 bits per heavy atom. The highest BCUT2D eigenvalue weighted by Gasteiger charge is 2.23. The summed E-state index contributed by atoms with van der Waals surface area (Å²) in [5.41, 5.74) is 10.5. The van der Waals surface area contributed by atoms with Crippen molar-refractivity contribution in [1.29, 1.82) is 0 Å². The zero-order chi connectivity index (χ0) is 13.7. The van der Waals surface area contributed by atoms with Gasteiger partial charge in [0.05, 0.1) is 29.2 Å². The summed E-state index contributed by atoms with van der Waals surface area (Å²) in [6.45, 7) is 0. The molecule has 3 heterocycles. The molecule has 20 heavy (non-hydrogen) atoms. The molecule has 0 saturated heterocycles. The Kier molecular flexibility index (Phi) is 2.40. The first-order valence-electron chi connectivity index (χ1n) is 6.82. The number of nitrogens with zero attached hydrogens (tertiary/aromatic N) is 5. The summed E-state index contributed by atoms with van der Waals surface area (Å²) < 4.78 is 3.99. The van der Waals surface area contributed by atoms with Gasteiger partial charge in [-0.05, 0) is 12.8 Å². The first kappa shape index (κ1) is 11.6. The van der Waals surface area contributed by atoms with Crippen LogP contribution in [0.2, 0.25) is 0 Å². The molecule has 3 aromatic heterocycles. The Hall–Kier alpha value is -2.21. The van der Waals surface area contributed by atoms with Gasteiger partial charge in [0.2, 0.25) is 0 Å². The van der Waals surface area contributed by atoms with Gasteiger partial charge in [0.1, 0.15) is 5.82 Å². The number of rotatable bonds is 1. The molecule has 102 valence electrons. The number of hydrogen-bond acceptors (Lipinski definition) is 4. The molecule has 0 spiro atoms. The van der Waals surface area contributed by atoms with Crippen LogP contribution < -0.4 is 5.73 Å². The molecule has 0 aromatic carbocycles. The molecule has 6 nitrogen and oxygen atoms in total. The van der Waals surface area contributed by atoms with Crippen LogP contribution in [-0.2, 0) is 19.9 Å². The lowest BCUT2D eigenvalue weighted by atomic mass is 9.97. The van der Waals surface area contributed by atoms with E-state index in [1.165, 1.54) is 5.69 Å². The highest BCUT2D eigenvalue weighted by Crippen LogP contribution is 2.28.